The maximum absolute atomic E-state index is 11.8. The molecule has 24 heavy (non-hydrogen) atoms. The van der Waals surface area contributed by atoms with E-state index in [1.54, 1.807) is 0 Å². The van der Waals surface area contributed by atoms with Crippen molar-refractivity contribution in [2.45, 2.75) is 18.0 Å². The number of carboxylic acids is 1. The molecule has 0 aromatic rings. The SMILES string of the molecule is C1N2CN3CN1CN(C2)C3.O=C(O)C(F)(F)C(F)(F)C(F)(F)F.[Co]. The van der Waals surface area contributed by atoms with Gasteiger partial charge in [0.2, 0.25) is 0 Å². The predicted octanol–water partition coefficient (Wildman–Crippen LogP) is 0.882. The molecule has 1 N–H and O–H groups in total. The molecular formula is C10H13CoF7N4O2. The van der Waals surface area contributed by atoms with Crippen molar-refractivity contribution in [1.29, 1.82) is 0 Å². The average Bonchev–Trinajstić information content (AvgIpc) is 2.35. The number of halogens is 7. The second-order valence-corrected chi connectivity index (χ2v) is 5.48. The first-order chi connectivity index (χ1) is 10.3. The second-order valence-electron chi connectivity index (χ2n) is 5.48. The van der Waals surface area contributed by atoms with Gasteiger partial charge < -0.3 is 5.11 Å². The Morgan fingerprint density at radius 3 is 1.08 bits per heavy atom. The molecule has 0 aliphatic carbocycles. The number of carboxylic acid groups (broad SMARTS) is 1. The van der Waals surface area contributed by atoms with Crippen molar-refractivity contribution in [3.63, 3.8) is 0 Å². The number of aliphatic carboxylic acids is 1. The van der Waals surface area contributed by atoms with E-state index in [1.807, 2.05) is 0 Å². The molecule has 4 bridgehead atoms. The average molecular weight is 413 g/mol. The Hall–Kier alpha value is -0.674. The molecule has 14 heteroatoms. The van der Waals surface area contributed by atoms with Crippen LogP contribution in [0.3, 0.4) is 0 Å². The van der Waals surface area contributed by atoms with Gasteiger partial charge in [0.1, 0.15) is 0 Å². The first kappa shape index (κ1) is 21.4. The zero-order valence-electron chi connectivity index (χ0n) is 11.9. The minimum atomic E-state index is -6.60. The third-order valence-electron chi connectivity index (χ3n) is 3.42. The molecule has 4 aliphatic heterocycles. The minimum Gasteiger partial charge on any atom is -0.477 e. The van der Waals surface area contributed by atoms with Crippen LogP contribution in [0.4, 0.5) is 30.7 Å². The van der Waals surface area contributed by atoms with Gasteiger partial charge in [-0.3, -0.25) is 19.6 Å². The maximum Gasteiger partial charge on any atom is 0.460 e. The molecule has 4 heterocycles. The van der Waals surface area contributed by atoms with E-state index >= 15 is 0 Å². The van der Waals surface area contributed by atoms with Gasteiger partial charge in [-0.1, -0.05) is 0 Å². The molecule has 0 saturated carbocycles. The van der Waals surface area contributed by atoms with Crippen LogP contribution in [0, 0.1) is 0 Å². The van der Waals surface area contributed by atoms with Gasteiger partial charge in [0.25, 0.3) is 0 Å². The number of hydrogen-bond donors (Lipinski definition) is 1. The third kappa shape index (κ3) is 3.93. The molecule has 143 valence electrons. The summed E-state index contributed by atoms with van der Waals surface area (Å²) in [4.78, 5) is 19.3. The van der Waals surface area contributed by atoms with Gasteiger partial charge >= 0.3 is 24.0 Å². The van der Waals surface area contributed by atoms with E-state index < -0.39 is 24.0 Å². The Morgan fingerprint density at radius 2 is 0.958 bits per heavy atom. The minimum absolute atomic E-state index is 0. The van der Waals surface area contributed by atoms with E-state index in [0.29, 0.717) is 0 Å². The molecule has 4 rings (SSSR count). The Morgan fingerprint density at radius 1 is 0.708 bits per heavy atom. The molecule has 4 saturated heterocycles. The van der Waals surface area contributed by atoms with E-state index in [4.69, 9.17) is 5.11 Å². The van der Waals surface area contributed by atoms with Gasteiger partial charge in [0.15, 0.2) is 0 Å². The molecule has 1 radical (unpaired) electrons. The van der Waals surface area contributed by atoms with Crippen LogP contribution in [-0.2, 0) is 21.6 Å². The summed E-state index contributed by atoms with van der Waals surface area (Å²) >= 11 is 0. The van der Waals surface area contributed by atoms with Crippen molar-refractivity contribution in [3.05, 3.63) is 0 Å². The van der Waals surface area contributed by atoms with Crippen LogP contribution in [0.25, 0.3) is 0 Å². The molecular weight excluding hydrogens is 400 g/mol. The fourth-order valence-electron chi connectivity index (χ4n) is 2.55. The largest absolute Gasteiger partial charge is 0.477 e. The van der Waals surface area contributed by atoms with Gasteiger partial charge in [-0.05, 0) is 0 Å². The monoisotopic (exact) mass is 413 g/mol. The van der Waals surface area contributed by atoms with Crippen LogP contribution in [0.15, 0.2) is 0 Å². The van der Waals surface area contributed by atoms with Crippen LogP contribution in [0.1, 0.15) is 0 Å². The molecule has 0 unspecified atom stereocenters. The number of rotatable bonds is 2. The summed E-state index contributed by atoms with van der Waals surface area (Å²) in [6.45, 7) is 7.12. The van der Waals surface area contributed by atoms with Gasteiger partial charge in [-0.15, -0.1) is 0 Å². The maximum atomic E-state index is 11.8. The third-order valence-corrected chi connectivity index (χ3v) is 3.42. The van der Waals surface area contributed by atoms with E-state index in [2.05, 4.69) is 19.6 Å². The molecule has 6 nitrogen and oxygen atoms in total. The van der Waals surface area contributed by atoms with Crippen molar-refractivity contribution in [1.82, 2.24) is 19.6 Å². The Balaban J connectivity index is 0.000000234. The smallest absolute Gasteiger partial charge is 0.460 e. The van der Waals surface area contributed by atoms with Gasteiger partial charge in [0.05, 0.1) is 40.0 Å². The van der Waals surface area contributed by atoms with Gasteiger partial charge in [-0.2, -0.15) is 30.7 Å². The van der Waals surface area contributed by atoms with Crippen LogP contribution < -0.4 is 0 Å². The Bertz CT molecular complexity index is 420. The molecule has 0 amide bonds. The predicted molar refractivity (Wildman–Crippen MR) is 60.1 cm³/mol. The first-order valence-corrected chi connectivity index (χ1v) is 6.30. The van der Waals surface area contributed by atoms with Gasteiger partial charge in [0, 0.05) is 16.8 Å². The van der Waals surface area contributed by atoms with E-state index in [1.165, 1.54) is 40.0 Å². The fraction of sp³-hybridized carbons (Fsp3) is 0.900. The van der Waals surface area contributed by atoms with Crippen LogP contribution >= 0.6 is 0 Å². The number of hydrogen-bond acceptors (Lipinski definition) is 5. The normalized spacial score (nSPS) is 31.8. The summed E-state index contributed by atoms with van der Waals surface area (Å²) in [6.07, 6.45) is -6.60. The van der Waals surface area contributed by atoms with Crippen molar-refractivity contribution >= 4 is 5.97 Å². The van der Waals surface area contributed by atoms with E-state index in [0.717, 1.165) is 0 Å². The molecule has 0 atom stereocenters. The topological polar surface area (TPSA) is 50.3 Å². The Labute approximate surface area is 141 Å². The summed E-state index contributed by atoms with van der Waals surface area (Å²) < 4.78 is 80.5. The quantitative estimate of drug-likeness (QED) is 0.679. The summed E-state index contributed by atoms with van der Waals surface area (Å²) in [5.74, 6) is -16.3. The van der Waals surface area contributed by atoms with Crippen molar-refractivity contribution in [2.24, 2.45) is 0 Å². The molecule has 0 aromatic carbocycles. The van der Waals surface area contributed by atoms with Crippen LogP contribution in [0.2, 0.25) is 0 Å². The van der Waals surface area contributed by atoms with Crippen LogP contribution in [0.5, 0.6) is 0 Å². The number of nitrogens with zero attached hydrogens (tertiary/aromatic N) is 4. The molecule has 0 spiro atoms. The number of carbonyl (C=O) groups is 1. The second kappa shape index (κ2) is 6.91. The molecule has 4 aliphatic rings. The molecule has 4 fully saturated rings. The standard InChI is InChI=1S/C6H12N4.C4HF7O2.Co/c1-7-2-9-4-8(1)5-10(3-7)6-9;5-2(6,1(12)13)3(7,8)4(9,10)11;/h1-6H2;(H,12,13);. The van der Waals surface area contributed by atoms with Crippen molar-refractivity contribution < 1.29 is 57.4 Å². The summed E-state index contributed by atoms with van der Waals surface area (Å²) in [7, 11) is 0. The number of alkyl halides is 7. The van der Waals surface area contributed by atoms with E-state index in [9.17, 15) is 35.5 Å². The zero-order chi connectivity index (χ0) is 17.6. The Kier molecular flexibility index (Phi) is 6.16. The summed E-state index contributed by atoms with van der Waals surface area (Å²) in [6, 6.07) is 0. The first-order valence-electron chi connectivity index (χ1n) is 6.30. The van der Waals surface area contributed by atoms with Crippen molar-refractivity contribution in [2.75, 3.05) is 40.0 Å². The van der Waals surface area contributed by atoms with Gasteiger partial charge in [-0.25, -0.2) is 4.79 Å². The summed E-state index contributed by atoms with van der Waals surface area (Å²) in [5.41, 5.74) is 0. The molecule has 0 aromatic heterocycles. The van der Waals surface area contributed by atoms with E-state index in [-0.39, 0.29) is 16.8 Å². The zero-order valence-corrected chi connectivity index (χ0v) is 12.9. The van der Waals surface area contributed by atoms with Crippen LogP contribution in [-0.4, -0.2) is 88.7 Å². The summed E-state index contributed by atoms with van der Waals surface area (Å²) in [5, 5.41) is 7.41. The fourth-order valence-corrected chi connectivity index (χ4v) is 2.55. The van der Waals surface area contributed by atoms with Crippen molar-refractivity contribution in [3.8, 4) is 0 Å².